The van der Waals surface area contributed by atoms with Crippen LogP contribution in [0.3, 0.4) is 0 Å². The summed E-state index contributed by atoms with van der Waals surface area (Å²) < 4.78 is 21.9. The first-order valence-corrected chi connectivity index (χ1v) is 11.1. The van der Waals surface area contributed by atoms with Crippen LogP contribution in [0.4, 0.5) is 5.00 Å². The molecule has 32 heavy (non-hydrogen) atoms. The van der Waals surface area contributed by atoms with E-state index in [2.05, 4.69) is 10.6 Å². The molecule has 3 aromatic rings. The lowest BCUT2D eigenvalue weighted by Gasteiger charge is -2.15. The maximum absolute atomic E-state index is 12.5. The molecule has 3 heterocycles. The SMILES string of the molecule is COc1cc(CNC(=O)c2ccc(NC(=O)c3ccco3)s2)ccc1OCC1CCCO1. The molecule has 1 unspecified atom stereocenters. The van der Waals surface area contributed by atoms with Crippen LogP contribution in [0.25, 0.3) is 0 Å². The normalized spacial score (nSPS) is 15.3. The molecule has 2 aromatic heterocycles. The van der Waals surface area contributed by atoms with Crippen LogP contribution < -0.4 is 20.1 Å². The average Bonchev–Trinajstić information content (AvgIpc) is 3.59. The van der Waals surface area contributed by atoms with Gasteiger partial charge in [-0.25, -0.2) is 0 Å². The van der Waals surface area contributed by atoms with Gasteiger partial charge in [-0.05, 0) is 54.8 Å². The Morgan fingerprint density at radius 3 is 2.81 bits per heavy atom. The Kier molecular flexibility index (Phi) is 7.08. The summed E-state index contributed by atoms with van der Waals surface area (Å²) >= 11 is 1.19. The Balaban J connectivity index is 1.30. The summed E-state index contributed by atoms with van der Waals surface area (Å²) in [6, 6.07) is 12.1. The molecule has 168 valence electrons. The maximum Gasteiger partial charge on any atom is 0.291 e. The predicted molar refractivity (Wildman–Crippen MR) is 120 cm³/mol. The molecule has 0 saturated carbocycles. The van der Waals surface area contributed by atoms with Crippen LogP contribution >= 0.6 is 11.3 Å². The first-order valence-electron chi connectivity index (χ1n) is 10.3. The second kappa shape index (κ2) is 10.3. The molecule has 1 fully saturated rings. The molecular formula is C23H24N2O6S. The number of benzene rings is 1. The molecule has 0 bridgehead atoms. The minimum Gasteiger partial charge on any atom is -0.493 e. The summed E-state index contributed by atoms with van der Waals surface area (Å²) in [5, 5.41) is 6.16. The lowest BCUT2D eigenvalue weighted by Crippen LogP contribution is -2.21. The van der Waals surface area contributed by atoms with Gasteiger partial charge in [0.25, 0.3) is 11.8 Å². The number of hydrogen-bond donors (Lipinski definition) is 2. The summed E-state index contributed by atoms with van der Waals surface area (Å²) in [5.74, 6) is 0.868. The first kappa shape index (κ1) is 21.9. The van der Waals surface area contributed by atoms with Gasteiger partial charge in [0.05, 0.1) is 29.4 Å². The second-order valence-electron chi connectivity index (χ2n) is 7.21. The summed E-state index contributed by atoms with van der Waals surface area (Å²) in [6.45, 7) is 1.60. The van der Waals surface area contributed by atoms with Crippen LogP contribution in [0.1, 0.15) is 38.6 Å². The molecule has 1 atom stereocenters. The molecule has 1 aliphatic heterocycles. The van der Waals surface area contributed by atoms with Crippen molar-refractivity contribution < 1.29 is 28.2 Å². The van der Waals surface area contributed by atoms with E-state index in [0.717, 1.165) is 25.0 Å². The van der Waals surface area contributed by atoms with E-state index < -0.39 is 0 Å². The molecule has 0 radical (unpaired) electrons. The van der Waals surface area contributed by atoms with Crippen LogP contribution in [-0.4, -0.2) is 38.2 Å². The van der Waals surface area contributed by atoms with E-state index in [1.165, 1.54) is 17.6 Å². The summed E-state index contributed by atoms with van der Waals surface area (Å²) in [5.41, 5.74) is 0.877. The summed E-state index contributed by atoms with van der Waals surface area (Å²) in [7, 11) is 1.58. The number of hydrogen-bond acceptors (Lipinski definition) is 7. The Labute approximate surface area is 189 Å². The monoisotopic (exact) mass is 456 g/mol. The minimum absolute atomic E-state index is 0.123. The van der Waals surface area contributed by atoms with E-state index in [4.69, 9.17) is 18.6 Å². The van der Waals surface area contributed by atoms with Crippen LogP contribution in [0.5, 0.6) is 11.5 Å². The highest BCUT2D eigenvalue weighted by Gasteiger charge is 2.17. The van der Waals surface area contributed by atoms with Gasteiger partial charge in [0.1, 0.15) is 6.61 Å². The number of rotatable bonds is 9. The third-order valence-corrected chi connectivity index (χ3v) is 5.94. The summed E-state index contributed by atoms with van der Waals surface area (Å²) in [4.78, 5) is 25.1. The lowest BCUT2D eigenvalue weighted by molar-refractivity contribution is 0.0669. The van der Waals surface area contributed by atoms with E-state index in [0.29, 0.717) is 34.5 Å². The quantitative estimate of drug-likeness (QED) is 0.503. The highest BCUT2D eigenvalue weighted by Crippen LogP contribution is 2.29. The van der Waals surface area contributed by atoms with Crippen molar-refractivity contribution in [1.29, 1.82) is 0 Å². The Bertz CT molecular complexity index is 1060. The third-order valence-electron chi connectivity index (χ3n) is 4.94. The van der Waals surface area contributed by atoms with Gasteiger partial charge >= 0.3 is 0 Å². The Hall–Kier alpha value is -3.30. The number of ether oxygens (including phenoxy) is 3. The number of anilines is 1. The lowest BCUT2D eigenvalue weighted by atomic mass is 10.2. The second-order valence-corrected chi connectivity index (χ2v) is 8.29. The number of methoxy groups -OCH3 is 1. The number of furan rings is 1. The smallest absolute Gasteiger partial charge is 0.291 e. The third kappa shape index (κ3) is 5.49. The molecule has 1 aromatic carbocycles. The zero-order valence-corrected chi connectivity index (χ0v) is 18.4. The van der Waals surface area contributed by atoms with Crippen molar-refractivity contribution in [1.82, 2.24) is 5.32 Å². The van der Waals surface area contributed by atoms with Crippen LogP contribution in [-0.2, 0) is 11.3 Å². The Morgan fingerprint density at radius 2 is 2.06 bits per heavy atom. The molecule has 0 spiro atoms. The van der Waals surface area contributed by atoms with E-state index in [1.807, 2.05) is 18.2 Å². The topological polar surface area (TPSA) is 99.0 Å². The number of carbonyl (C=O) groups is 2. The van der Waals surface area contributed by atoms with E-state index in [9.17, 15) is 9.59 Å². The Morgan fingerprint density at radius 1 is 1.16 bits per heavy atom. The van der Waals surface area contributed by atoms with Crippen LogP contribution in [0.2, 0.25) is 0 Å². The molecular weight excluding hydrogens is 432 g/mol. The fourth-order valence-corrected chi connectivity index (χ4v) is 4.10. The zero-order chi connectivity index (χ0) is 22.3. The first-order chi connectivity index (χ1) is 15.6. The zero-order valence-electron chi connectivity index (χ0n) is 17.6. The molecule has 2 N–H and O–H groups in total. The molecule has 0 aliphatic carbocycles. The van der Waals surface area contributed by atoms with Crippen molar-refractivity contribution in [2.75, 3.05) is 25.6 Å². The predicted octanol–water partition coefficient (Wildman–Crippen LogP) is 4.09. The largest absolute Gasteiger partial charge is 0.493 e. The fraction of sp³-hybridized carbons (Fsp3) is 0.304. The highest BCUT2D eigenvalue weighted by molar-refractivity contribution is 7.18. The maximum atomic E-state index is 12.5. The van der Waals surface area contributed by atoms with Crippen molar-refractivity contribution in [3.8, 4) is 11.5 Å². The summed E-state index contributed by atoms with van der Waals surface area (Å²) in [6.07, 6.45) is 3.62. The van der Waals surface area contributed by atoms with E-state index >= 15 is 0 Å². The highest BCUT2D eigenvalue weighted by atomic mass is 32.1. The van der Waals surface area contributed by atoms with Crippen LogP contribution in [0, 0.1) is 0 Å². The van der Waals surface area contributed by atoms with Crippen molar-refractivity contribution in [3.63, 3.8) is 0 Å². The fourth-order valence-electron chi connectivity index (χ4n) is 3.28. The number of carbonyl (C=O) groups excluding carboxylic acids is 2. The van der Waals surface area contributed by atoms with Crippen molar-refractivity contribution in [3.05, 3.63) is 64.9 Å². The van der Waals surface area contributed by atoms with Crippen molar-refractivity contribution >= 4 is 28.2 Å². The molecule has 9 heteroatoms. The molecule has 1 aliphatic rings. The number of nitrogens with one attached hydrogen (secondary N) is 2. The molecule has 4 rings (SSSR count). The molecule has 2 amide bonds. The van der Waals surface area contributed by atoms with Crippen molar-refractivity contribution in [2.45, 2.75) is 25.5 Å². The van der Waals surface area contributed by atoms with Gasteiger partial charge in [-0.2, -0.15) is 0 Å². The standard InChI is InChI=1S/C23H24N2O6S/c1-28-19-12-15(6-7-17(19)31-14-16-4-2-10-29-16)13-24-23(27)20-8-9-21(32-20)25-22(26)18-5-3-11-30-18/h3,5-9,11-12,16H,2,4,10,13-14H2,1H3,(H,24,27)(H,25,26). The number of thiophene rings is 1. The van der Waals surface area contributed by atoms with Gasteiger partial charge in [-0.3, -0.25) is 9.59 Å². The van der Waals surface area contributed by atoms with Gasteiger partial charge in [0.15, 0.2) is 17.3 Å². The van der Waals surface area contributed by atoms with Gasteiger partial charge < -0.3 is 29.3 Å². The van der Waals surface area contributed by atoms with Gasteiger partial charge in [0.2, 0.25) is 0 Å². The average molecular weight is 457 g/mol. The van der Waals surface area contributed by atoms with E-state index in [-0.39, 0.29) is 23.7 Å². The van der Waals surface area contributed by atoms with Gasteiger partial charge in [-0.15, -0.1) is 11.3 Å². The molecule has 1 saturated heterocycles. The number of amides is 2. The minimum atomic E-state index is -0.363. The van der Waals surface area contributed by atoms with Gasteiger partial charge in [0, 0.05) is 13.2 Å². The van der Waals surface area contributed by atoms with Crippen LogP contribution in [0.15, 0.2) is 53.1 Å². The van der Waals surface area contributed by atoms with Crippen molar-refractivity contribution in [2.24, 2.45) is 0 Å². The van der Waals surface area contributed by atoms with Gasteiger partial charge in [-0.1, -0.05) is 6.07 Å². The van der Waals surface area contributed by atoms with E-state index in [1.54, 1.807) is 31.4 Å². The molecule has 8 nitrogen and oxygen atoms in total.